The zero-order valence-corrected chi connectivity index (χ0v) is 12.4. The van der Waals surface area contributed by atoms with Gasteiger partial charge in [-0.3, -0.25) is 4.79 Å². The van der Waals surface area contributed by atoms with E-state index in [2.05, 4.69) is 5.32 Å². The fourth-order valence-corrected chi connectivity index (χ4v) is 2.80. The van der Waals surface area contributed by atoms with Gasteiger partial charge in [-0.2, -0.15) is 0 Å². The van der Waals surface area contributed by atoms with Crippen LogP contribution in [0.1, 0.15) is 48.9 Å². The summed E-state index contributed by atoms with van der Waals surface area (Å²) in [5.74, 6) is 1.36. The number of benzene rings is 1. The predicted octanol–water partition coefficient (Wildman–Crippen LogP) is 2.48. The van der Waals surface area contributed by atoms with Crippen molar-refractivity contribution in [2.75, 3.05) is 6.61 Å². The lowest BCUT2D eigenvalue weighted by Gasteiger charge is -2.27. The second kappa shape index (κ2) is 6.48. The van der Waals surface area contributed by atoms with E-state index in [1.54, 1.807) is 0 Å². The molecule has 4 heteroatoms. The molecular weight excluding hydrogens is 264 g/mol. The van der Waals surface area contributed by atoms with Gasteiger partial charge in [-0.05, 0) is 56.6 Å². The lowest BCUT2D eigenvalue weighted by atomic mass is 9.91. The standard InChI is InChI=1S/C17H24N2O2/c18-13-7-9-14(10-8-13)19-17(20)15-3-1-2-4-16(15)21-11-12-5-6-12/h1-4,12-14H,5-11,18H2,(H,19,20). The van der Waals surface area contributed by atoms with E-state index in [9.17, 15) is 4.79 Å². The van der Waals surface area contributed by atoms with Gasteiger partial charge < -0.3 is 15.8 Å². The Morgan fingerprint density at radius 1 is 1.14 bits per heavy atom. The van der Waals surface area contributed by atoms with Crippen LogP contribution in [-0.4, -0.2) is 24.6 Å². The molecule has 3 N–H and O–H groups in total. The maximum atomic E-state index is 12.5. The van der Waals surface area contributed by atoms with Crippen molar-refractivity contribution in [1.82, 2.24) is 5.32 Å². The molecule has 0 heterocycles. The van der Waals surface area contributed by atoms with Gasteiger partial charge in [0.15, 0.2) is 0 Å². The molecule has 21 heavy (non-hydrogen) atoms. The van der Waals surface area contributed by atoms with Gasteiger partial charge in [0.2, 0.25) is 0 Å². The first-order chi connectivity index (χ1) is 10.2. The molecule has 2 aliphatic rings. The first kappa shape index (κ1) is 14.4. The van der Waals surface area contributed by atoms with Gasteiger partial charge in [0, 0.05) is 12.1 Å². The van der Waals surface area contributed by atoms with E-state index in [-0.39, 0.29) is 11.9 Å². The largest absolute Gasteiger partial charge is 0.492 e. The van der Waals surface area contributed by atoms with E-state index >= 15 is 0 Å². The number of para-hydroxylation sites is 1. The fourth-order valence-electron chi connectivity index (χ4n) is 2.80. The Morgan fingerprint density at radius 3 is 2.57 bits per heavy atom. The fraction of sp³-hybridized carbons (Fsp3) is 0.588. The molecule has 2 fully saturated rings. The minimum absolute atomic E-state index is 0.0260. The van der Waals surface area contributed by atoms with Crippen LogP contribution in [0.2, 0.25) is 0 Å². The van der Waals surface area contributed by atoms with Crippen molar-refractivity contribution in [3.8, 4) is 5.75 Å². The number of carbonyl (C=O) groups is 1. The van der Waals surface area contributed by atoms with E-state index in [0.29, 0.717) is 23.3 Å². The molecule has 1 aromatic rings. The number of amides is 1. The lowest BCUT2D eigenvalue weighted by molar-refractivity contribution is 0.0921. The van der Waals surface area contributed by atoms with Crippen molar-refractivity contribution in [3.63, 3.8) is 0 Å². The summed E-state index contributed by atoms with van der Waals surface area (Å²) in [6.07, 6.45) is 6.42. The number of rotatable bonds is 5. The first-order valence-electron chi connectivity index (χ1n) is 8.00. The number of nitrogens with one attached hydrogen (secondary N) is 1. The Balaban J connectivity index is 1.60. The van der Waals surface area contributed by atoms with Crippen molar-refractivity contribution in [1.29, 1.82) is 0 Å². The van der Waals surface area contributed by atoms with Gasteiger partial charge in [-0.15, -0.1) is 0 Å². The van der Waals surface area contributed by atoms with E-state index in [1.165, 1.54) is 12.8 Å². The van der Waals surface area contributed by atoms with Crippen molar-refractivity contribution >= 4 is 5.91 Å². The monoisotopic (exact) mass is 288 g/mol. The molecular formula is C17H24N2O2. The van der Waals surface area contributed by atoms with Gasteiger partial charge in [0.05, 0.1) is 12.2 Å². The molecule has 0 radical (unpaired) electrons. The minimum Gasteiger partial charge on any atom is -0.492 e. The van der Waals surface area contributed by atoms with Crippen LogP contribution in [0.3, 0.4) is 0 Å². The first-order valence-corrected chi connectivity index (χ1v) is 8.00. The molecule has 1 amide bonds. The Morgan fingerprint density at radius 2 is 1.86 bits per heavy atom. The van der Waals surface area contributed by atoms with Crippen molar-refractivity contribution in [2.24, 2.45) is 11.7 Å². The third-order valence-electron chi connectivity index (χ3n) is 4.41. The van der Waals surface area contributed by atoms with E-state index in [0.717, 1.165) is 32.3 Å². The zero-order valence-electron chi connectivity index (χ0n) is 12.4. The molecule has 0 aliphatic heterocycles. The zero-order chi connectivity index (χ0) is 14.7. The minimum atomic E-state index is -0.0260. The summed E-state index contributed by atoms with van der Waals surface area (Å²) in [7, 11) is 0. The summed E-state index contributed by atoms with van der Waals surface area (Å²) in [6.45, 7) is 0.725. The van der Waals surface area contributed by atoms with Gasteiger partial charge in [-0.25, -0.2) is 0 Å². The molecule has 4 nitrogen and oxygen atoms in total. The molecule has 0 aromatic heterocycles. The Kier molecular flexibility index (Phi) is 4.44. The quantitative estimate of drug-likeness (QED) is 0.875. The van der Waals surface area contributed by atoms with Crippen LogP contribution in [0.5, 0.6) is 5.75 Å². The van der Waals surface area contributed by atoms with E-state index in [4.69, 9.17) is 10.5 Å². The molecule has 0 atom stereocenters. The average molecular weight is 288 g/mol. The molecule has 114 valence electrons. The molecule has 2 aliphatic carbocycles. The summed E-state index contributed by atoms with van der Waals surface area (Å²) in [4.78, 5) is 12.5. The molecule has 2 saturated carbocycles. The van der Waals surface area contributed by atoms with E-state index < -0.39 is 0 Å². The van der Waals surface area contributed by atoms with Gasteiger partial charge in [-0.1, -0.05) is 12.1 Å². The van der Waals surface area contributed by atoms with Crippen molar-refractivity contribution in [2.45, 2.75) is 50.6 Å². The number of hydrogen-bond donors (Lipinski definition) is 2. The number of ether oxygens (including phenoxy) is 1. The molecule has 0 saturated heterocycles. The number of hydrogen-bond acceptors (Lipinski definition) is 3. The highest BCUT2D eigenvalue weighted by Crippen LogP contribution is 2.30. The maximum Gasteiger partial charge on any atom is 0.255 e. The lowest BCUT2D eigenvalue weighted by Crippen LogP contribution is -2.40. The normalized spacial score (nSPS) is 25.4. The molecule has 3 rings (SSSR count). The third-order valence-corrected chi connectivity index (χ3v) is 4.41. The average Bonchev–Trinajstić information content (AvgIpc) is 3.32. The van der Waals surface area contributed by atoms with Crippen LogP contribution in [0.15, 0.2) is 24.3 Å². The van der Waals surface area contributed by atoms with Crippen LogP contribution in [0.4, 0.5) is 0 Å². The highest BCUT2D eigenvalue weighted by atomic mass is 16.5. The topological polar surface area (TPSA) is 64.3 Å². The van der Waals surface area contributed by atoms with Crippen LogP contribution < -0.4 is 15.8 Å². The Hall–Kier alpha value is -1.55. The molecule has 0 unspecified atom stereocenters. The molecule has 0 bridgehead atoms. The number of nitrogens with two attached hydrogens (primary N) is 1. The maximum absolute atomic E-state index is 12.5. The second-order valence-corrected chi connectivity index (χ2v) is 6.34. The van der Waals surface area contributed by atoms with Crippen molar-refractivity contribution < 1.29 is 9.53 Å². The van der Waals surface area contributed by atoms with Crippen LogP contribution >= 0.6 is 0 Å². The summed E-state index contributed by atoms with van der Waals surface area (Å²) in [5.41, 5.74) is 6.55. The summed E-state index contributed by atoms with van der Waals surface area (Å²) in [5, 5.41) is 3.12. The van der Waals surface area contributed by atoms with Gasteiger partial charge in [0.25, 0.3) is 5.91 Å². The third kappa shape index (κ3) is 3.97. The van der Waals surface area contributed by atoms with E-state index in [1.807, 2.05) is 24.3 Å². The molecule has 1 aromatic carbocycles. The molecule has 0 spiro atoms. The number of carbonyl (C=O) groups excluding carboxylic acids is 1. The summed E-state index contributed by atoms with van der Waals surface area (Å²) in [6, 6.07) is 8.07. The highest BCUT2D eigenvalue weighted by molar-refractivity contribution is 5.97. The predicted molar refractivity (Wildman–Crippen MR) is 82.4 cm³/mol. The second-order valence-electron chi connectivity index (χ2n) is 6.34. The SMILES string of the molecule is NC1CCC(NC(=O)c2ccccc2OCC2CC2)CC1. The smallest absolute Gasteiger partial charge is 0.255 e. The highest BCUT2D eigenvalue weighted by Gasteiger charge is 2.24. The van der Waals surface area contributed by atoms with Crippen LogP contribution in [0.25, 0.3) is 0 Å². The van der Waals surface area contributed by atoms with Crippen molar-refractivity contribution in [3.05, 3.63) is 29.8 Å². The van der Waals surface area contributed by atoms with Gasteiger partial charge >= 0.3 is 0 Å². The summed E-state index contributed by atoms with van der Waals surface area (Å²) >= 11 is 0. The Bertz CT molecular complexity index is 491. The summed E-state index contributed by atoms with van der Waals surface area (Å²) < 4.78 is 5.81. The van der Waals surface area contributed by atoms with Crippen LogP contribution in [-0.2, 0) is 0 Å². The van der Waals surface area contributed by atoms with Crippen LogP contribution in [0, 0.1) is 5.92 Å². The Labute approximate surface area is 126 Å². The van der Waals surface area contributed by atoms with Gasteiger partial charge in [0.1, 0.15) is 5.75 Å².